The van der Waals surface area contributed by atoms with Crippen molar-refractivity contribution in [3.63, 3.8) is 0 Å². The maximum atomic E-state index is 4.44. The first-order valence-corrected chi connectivity index (χ1v) is 6.00. The van der Waals surface area contributed by atoms with Crippen LogP contribution in [0.25, 0.3) is 0 Å². The molecular weight excluding hydrogens is 200 g/mol. The minimum Gasteiger partial charge on any atom is -0.706 e. The number of hydrogen-bond donors (Lipinski definition) is 0. The van der Waals surface area contributed by atoms with Crippen LogP contribution in [-0.2, 0) is 23.3 Å². The first-order valence-electron chi connectivity index (χ1n) is 0.667. The zero-order valence-electron chi connectivity index (χ0n) is 2.75. The largest absolute Gasteiger partial charge is 2.00 e. The van der Waals surface area contributed by atoms with E-state index in [0.29, 0.717) is 0 Å². The van der Waals surface area contributed by atoms with Crippen molar-refractivity contribution in [2.24, 2.45) is 0 Å². The molecule has 0 fully saturated rings. The Morgan fingerprint density at radius 1 is 1.00 bits per heavy atom. The second-order valence-corrected chi connectivity index (χ2v) is 5.51. The van der Waals surface area contributed by atoms with E-state index < -0.39 is 0 Å². The molecule has 0 aliphatic carbocycles. The quantitative estimate of drug-likeness (QED) is 0.376. The monoisotopic (exact) mass is 200 g/mol. The molecule has 6 heavy (non-hydrogen) atoms. The smallest absolute Gasteiger partial charge is 0.706 e. The van der Waals surface area contributed by atoms with Crippen LogP contribution in [0.4, 0.5) is 0 Å². The third kappa shape index (κ3) is 10.1. The molecule has 0 amide bonds. The molecule has 0 aliphatic rings. The summed E-state index contributed by atoms with van der Waals surface area (Å²) in [5.41, 5.74) is 0. The summed E-state index contributed by atoms with van der Waals surface area (Å²) >= 11 is 8.89. The molecule has 0 spiro atoms. The fourth-order valence-electron chi connectivity index (χ4n) is 0.0113. The van der Waals surface area contributed by atoms with Gasteiger partial charge in [-0.3, -0.25) is 19.7 Å². The molecule has 0 aromatic heterocycles. The Kier molecular flexibility index (Phi) is 21.4. The molecule has 0 nitrogen and oxygen atoms in total. The standard InChI is InChI=1S/Ca.H2S5/c;1-3-5-4-2/h;1-2H/q+2;/p-2. The van der Waals surface area contributed by atoms with E-state index in [1.165, 1.54) is 29.5 Å². The minimum atomic E-state index is 0. The molecule has 0 atom stereocenters. The third-order valence-electron chi connectivity index (χ3n) is 0.0556. The second-order valence-electron chi connectivity index (χ2n) is 0.204. The molecule has 0 saturated carbocycles. The molecule has 0 rings (SSSR count). The van der Waals surface area contributed by atoms with Crippen molar-refractivity contribution in [2.45, 2.75) is 0 Å². The van der Waals surface area contributed by atoms with E-state index in [-0.39, 0.29) is 37.7 Å². The normalized spacial score (nSPS) is 7.00. The molecule has 0 unspecified atom stereocenters. The van der Waals surface area contributed by atoms with Gasteiger partial charge >= 0.3 is 37.7 Å². The zero-order chi connectivity index (χ0) is 4.12. The average Bonchev–Trinajstić information content (AvgIpc) is 1.41. The first kappa shape index (κ1) is 11.8. The van der Waals surface area contributed by atoms with Gasteiger partial charge in [0.05, 0.1) is 0 Å². The average molecular weight is 200 g/mol. The molecule has 0 bridgehead atoms. The van der Waals surface area contributed by atoms with Crippen LogP contribution >= 0.6 is 29.5 Å². The Morgan fingerprint density at radius 2 is 1.33 bits per heavy atom. The Balaban J connectivity index is 0. The summed E-state index contributed by atoms with van der Waals surface area (Å²) in [6.07, 6.45) is 0. The predicted octanol–water partition coefficient (Wildman–Crippen LogP) is 1.56. The van der Waals surface area contributed by atoms with E-state index in [9.17, 15) is 0 Å². The summed E-state index contributed by atoms with van der Waals surface area (Å²) in [6, 6.07) is 0. The van der Waals surface area contributed by atoms with Gasteiger partial charge in [-0.2, -0.15) is 0 Å². The zero-order valence-corrected chi connectivity index (χ0v) is 9.04. The van der Waals surface area contributed by atoms with Crippen molar-refractivity contribution in [1.29, 1.82) is 0 Å². The van der Waals surface area contributed by atoms with Crippen molar-refractivity contribution in [3.8, 4) is 0 Å². The van der Waals surface area contributed by atoms with E-state index in [4.69, 9.17) is 0 Å². The van der Waals surface area contributed by atoms with Gasteiger partial charge in [0.15, 0.2) is 0 Å². The molecule has 6 heteroatoms. The van der Waals surface area contributed by atoms with Crippen LogP contribution in [-0.4, -0.2) is 37.7 Å². The molecular formula is CaS5. The Morgan fingerprint density at radius 3 is 1.33 bits per heavy atom. The van der Waals surface area contributed by atoms with Crippen LogP contribution < -0.4 is 0 Å². The van der Waals surface area contributed by atoms with Gasteiger partial charge in [-0.1, -0.05) is 9.83 Å². The van der Waals surface area contributed by atoms with Crippen molar-refractivity contribution >= 4 is 90.5 Å². The van der Waals surface area contributed by atoms with Gasteiger partial charge in [0.1, 0.15) is 0 Å². The van der Waals surface area contributed by atoms with Gasteiger partial charge in [-0.05, 0) is 0 Å². The molecule has 0 aromatic rings. The van der Waals surface area contributed by atoms with Crippen molar-refractivity contribution in [2.75, 3.05) is 0 Å². The Bertz CT molecular complexity index is 11.4. The first-order chi connectivity index (χ1) is 2.41. The Labute approximate surface area is 88.8 Å². The summed E-state index contributed by atoms with van der Waals surface area (Å²) in [6.45, 7) is 0. The minimum absolute atomic E-state index is 0. The van der Waals surface area contributed by atoms with Gasteiger partial charge in [0, 0.05) is 0 Å². The number of rotatable bonds is 2. The molecule has 0 heterocycles. The summed E-state index contributed by atoms with van der Waals surface area (Å²) < 4.78 is 0. The van der Waals surface area contributed by atoms with Gasteiger partial charge < -0.3 is 23.3 Å². The van der Waals surface area contributed by atoms with Crippen molar-refractivity contribution < 1.29 is 0 Å². The van der Waals surface area contributed by atoms with E-state index in [0.717, 1.165) is 0 Å². The number of hydrogen-bond acceptors (Lipinski definition) is 5. The van der Waals surface area contributed by atoms with Crippen molar-refractivity contribution in [1.82, 2.24) is 0 Å². The molecule has 0 saturated heterocycles. The summed E-state index contributed by atoms with van der Waals surface area (Å²) in [4.78, 5) is 0. The van der Waals surface area contributed by atoms with Gasteiger partial charge in [0.2, 0.25) is 0 Å². The van der Waals surface area contributed by atoms with Gasteiger partial charge in [-0.15, -0.1) is 0 Å². The topological polar surface area (TPSA) is 0 Å². The van der Waals surface area contributed by atoms with Crippen LogP contribution in [0.2, 0.25) is 0 Å². The molecule has 32 valence electrons. The van der Waals surface area contributed by atoms with Crippen LogP contribution in [0, 0.1) is 0 Å². The Hall–Kier alpha value is 3.01. The second kappa shape index (κ2) is 10.9. The van der Waals surface area contributed by atoms with Crippen LogP contribution in [0.5, 0.6) is 0 Å². The van der Waals surface area contributed by atoms with Gasteiger partial charge in [-0.25, -0.2) is 0 Å². The molecule has 0 N–H and O–H groups in total. The van der Waals surface area contributed by atoms with E-state index in [1.54, 1.807) is 0 Å². The van der Waals surface area contributed by atoms with E-state index >= 15 is 0 Å². The SMILES string of the molecule is [Ca+2].[S-]SSS[S-]. The summed E-state index contributed by atoms with van der Waals surface area (Å²) in [5, 5.41) is 0. The van der Waals surface area contributed by atoms with Gasteiger partial charge in [0.25, 0.3) is 0 Å². The fourth-order valence-corrected chi connectivity index (χ4v) is 2.76. The predicted molar refractivity (Wildman–Crippen MR) is 43.3 cm³/mol. The maximum absolute atomic E-state index is 4.44. The molecule has 0 aliphatic heterocycles. The summed E-state index contributed by atoms with van der Waals surface area (Å²) in [5.74, 6) is 0. The van der Waals surface area contributed by atoms with Crippen LogP contribution in [0.15, 0.2) is 0 Å². The fraction of sp³-hybridized carbons (Fsp3) is 0. The van der Waals surface area contributed by atoms with Crippen LogP contribution in [0.1, 0.15) is 0 Å². The third-order valence-corrected chi connectivity index (χ3v) is 4.50. The molecule has 0 aromatic carbocycles. The molecule has 0 radical (unpaired) electrons. The van der Waals surface area contributed by atoms with Crippen molar-refractivity contribution in [3.05, 3.63) is 0 Å². The van der Waals surface area contributed by atoms with E-state index in [2.05, 4.69) is 23.3 Å². The van der Waals surface area contributed by atoms with Crippen LogP contribution in [0.3, 0.4) is 0 Å². The summed E-state index contributed by atoms with van der Waals surface area (Å²) in [7, 11) is 3.95. The van der Waals surface area contributed by atoms with E-state index in [1.807, 2.05) is 0 Å². The maximum Gasteiger partial charge on any atom is 2.00 e.